The van der Waals surface area contributed by atoms with Gasteiger partial charge in [0.25, 0.3) is 6.71 Å². The van der Waals surface area contributed by atoms with Gasteiger partial charge in [-0.25, -0.2) is 0 Å². The quantitative estimate of drug-likeness (QED) is 0.161. The third-order valence-electron chi connectivity index (χ3n) is 12.3. The molecule has 8 aromatic rings. The van der Waals surface area contributed by atoms with Crippen LogP contribution in [-0.2, 0) is 10.8 Å². The van der Waals surface area contributed by atoms with Crippen LogP contribution in [0.4, 0.5) is 34.1 Å². The molecule has 10 rings (SSSR count). The fourth-order valence-electron chi connectivity index (χ4n) is 9.32. The molecule has 3 heteroatoms. The van der Waals surface area contributed by atoms with E-state index in [1.54, 1.807) is 0 Å². The summed E-state index contributed by atoms with van der Waals surface area (Å²) in [4.78, 5) is 4.79. The van der Waals surface area contributed by atoms with Crippen LogP contribution in [0, 0.1) is 6.92 Å². The van der Waals surface area contributed by atoms with Gasteiger partial charge in [0.1, 0.15) is 0 Å². The molecule has 0 aliphatic carbocycles. The Hall–Kier alpha value is -6.58. The molecule has 292 valence electrons. The van der Waals surface area contributed by atoms with Gasteiger partial charge in [-0.05, 0) is 104 Å². The molecular weight excluding hydrogens is 723 g/mol. The van der Waals surface area contributed by atoms with Crippen molar-refractivity contribution in [1.82, 2.24) is 0 Å². The second kappa shape index (κ2) is 14.3. The van der Waals surface area contributed by atoms with Crippen LogP contribution >= 0.6 is 0 Å². The van der Waals surface area contributed by atoms with Crippen molar-refractivity contribution in [2.75, 3.05) is 9.80 Å². The molecular formula is C57H51BN2. The molecule has 2 heterocycles. The average molecular weight is 780 g/mol. The molecule has 0 atom stereocenters. The van der Waals surface area contributed by atoms with E-state index >= 15 is 0 Å². The molecule has 0 radical (unpaired) electrons. The fourth-order valence-corrected chi connectivity index (χ4v) is 9.32. The molecule has 0 N–H and O–H groups in total. The maximum absolute atomic E-state index is 9.31. The van der Waals surface area contributed by atoms with E-state index in [-0.39, 0.29) is 47.3 Å². The number of nitrogens with zero attached hydrogens (tertiary/aromatic N) is 2. The SMILES string of the molecule is [2H]c1c([2H])c([2H])c(-c2cccc(-c3ccccc3)c2N2c3ccccc3B3c4cc(C(C)(C)C)ccc4N(c4ccc(C(C)(C)C)cc4-c4ccccc4)c4cc(C)cc2c43)c([2H])c1[2H]. The van der Waals surface area contributed by atoms with Crippen LogP contribution in [0.1, 0.15) is 65.1 Å². The zero-order chi connectivity index (χ0) is 45.7. The molecule has 0 fully saturated rings. The summed E-state index contributed by atoms with van der Waals surface area (Å²) in [6, 6.07) is 52.4. The summed E-state index contributed by atoms with van der Waals surface area (Å²) in [6.45, 7) is 15.6. The van der Waals surface area contributed by atoms with Gasteiger partial charge in [0.15, 0.2) is 0 Å². The van der Waals surface area contributed by atoms with Gasteiger partial charge in [0.05, 0.1) is 18.2 Å². The largest absolute Gasteiger partial charge is 0.311 e. The van der Waals surface area contributed by atoms with Gasteiger partial charge in [0.2, 0.25) is 0 Å². The highest BCUT2D eigenvalue weighted by Crippen LogP contribution is 2.51. The predicted molar refractivity (Wildman–Crippen MR) is 259 cm³/mol. The molecule has 0 unspecified atom stereocenters. The minimum absolute atomic E-state index is 0.0780. The zero-order valence-corrected chi connectivity index (χ0v) is 35.4. The van der Waals surface area contributed by atoms with E-state index in [1.165, 1.54) is 16.6 Å². The molecule has 2 aliphatic rings. The Morgan fingerprint density at radius 1 is 0.433 bits per heavy atom. The van der Waals surface area contributed by atoms with Gasteiger partial charge >= 0.3 is 0 Å². The summed E-state index contributed by atoms with van der Waals surface area (Å²) in [5, 5.41) is 0. The number of hydrogen-bond donors (Lipinski definition) is 0. The highest BCUT2D eigenvalue weighted by Gasteiger charge is 2.45. The van der Waals surface area contributed by atoms with Crippen LogP contribution < -0.4 is 26.2 Å². The standard InChI is InChI=1S/C57H51BN2/c1-38-34-52-54-53(35-38)60(55-44(39-20-11-8-12-21-39)26-19-27-45(55)40-22-13-9-14-23-40)50-29-18-17-28-47(50)58(54)48-37-43(57(5,6)7)31-33-51(48)59(52)49-32-30-42(56(2,3)4)36-46(49)41-24-15-10-16-25-41/h8-37H,1-7H3/i8D,11D,12D,20D,21D. The van der Waals surface area contributed by atoms with Gasteiger partial charge in [-0.3, -0.25) is 0 Å². The first-order valence-electron chi connectivity index (χ1n) is 23.5. The number of hydrogen-bond acceptors (Lipinski definition) is 2. The minimum atomic E-state index is -0.415. The third-order valence-corrected chi connectivity index (χ3v) is 12.3. The first-order valence-corrected chi connectivity index (χ1v) is 21.0. The van der Waals surface area contributed by atoms with Crippen LogP contribution in [0.3, 0.4) is 0 Å². The summed E-state index contributed by atoms with van der Waals surface area (Å²) in [5.74, 6) is 0. The van der Waals surface area contributed by atoms with Crippen LogP contribution in [0.2, 0.25) is 0 Å². The Balaban J connectivity index is 1.35. The molecule has 2 aliphatic heterocycles. The van der Waals surface area contributed by atoms with Gasteiger partial charge in [0, 0.05) is 39.4 Å². The molecule has 0 aromatic heterocycles. The highest BCUT2D eigenvalue weighted by molar-refractivity contribution is 7.00. The second-order valence-electron chi connectivity index (χ2n) is 18.3. The van der Waals surface area contributed by atoms with Crippen molar-refractivity contribution in [3.8, 4) is 33.4 Å². The van der Waals surface area contributed by atoms with E-state index in [0.29, 0.717) is 5.56 Å². The molecule has 8 aromatic carbocycles. The van der Waals surface area contributed by atoms with Gasteiger partial charge < -0.3 is 9.80 Å². The van der Waals surface area contributed by atoms with Crippen molar-refractivity contribution < 1.29 is 6.85 Å². The maximum atomic E-state index is 9.31. The Morgan fingerprint density at radius 2 is 0.967 bits per heavy atom. The number of para-hydroxylation sites is 2. The van der Waals surface area contributed by atoms with Gasteiger partial charge in [-0.2, -0.15) is 0 Å². The number of fused-ring (bicyclic) bond motifs is 4. The lowest BCUT2D eigenvalue weighted by Crippen LogP contribution is -2.61. The Kier molecular flexibility index (Phi) is 7.70. The van der Waals surface area contributed by atoms with E-state index in [0.717, 1.165) is 72.9 Å². The molecule has 60 heavy (non-hydrogen) atoms. The average Bonchev–Trinajstić information content (AvgIpc) is 3.30. The van der Waals surface area contributed by atoms with Crippen LogP contribution in [0.5, 0.6) is 0 Å². The number of aryl methyl sites for hydroxylation is 1. The normalized spacial score (nSPS) is 14.3. The number of rotatable bonds is 5. The van der Waals surface area contributed by atoms with Crippen molar-refractivity contribution in [1.29, 1.82) is 0 Å². The Labute approximate surface area is 363 Å². The van der Waals surface area contributed by atoms with Crippen molar-refractivity contribution >= 4 is 57.2 Å². The second-order valence-corrected chi connectivity index (χ2v) is 18.3. The number of benzene rings is 8. The van der Waals surface area contributed by atoms with Crippen molar-refractivity contribution in [3.63, 3.8) is 0 Å². The fraction of sp³-hybridized carbons (Fsp3) is 0.158. The molecule has 0 spiro atoms. The highest BCUT2D eigenvalue weighted by atomic mass is 15.2. The Morgan fingerprint density at radius 3 is 1.62 bits per heavy atom. The summed E-state index contributed by atoms with van der Waals surface area (Å²) < 4.78 is 44.7. The summed E-state index contributed by atoms with van der Waals surface area (Å²) in [6.07, 6.45) is 0. The van der Waals surface area contributed by atoms with Crippen LogP contribution in [-0.4, -0.2) is 6.71 Å². The van der Waals surface area contributed by atoms with Gasteiger partial charge in [-0.1, -0.05) is 187 Å². The molecule has 2 nitrogen and oxygen atoms in total. The maximum Gasteiger partial charge on any atom is 0.252 e. The van der Waals surface area contributed by atoms with E-state index in [9.17, 15) is 2.74 Å². The lowest BCUT2D eigenvalue weighted by atomic mass is 9.33. The zero-order valence-electron chi connectivity index (χ0n) is 40.4. The van der Waals surface area contributed by atoms with E-state index < -0.39 is 6.04 Å². The van der Waals surface area contributed by atoms with Crippen LogP contribution in [0.25, 0.3) is 33.4 Å². The van der Waals surface area contributed by atoms with Crippen molar-refractivity contribution in [2.45, 2.75) is 59.3 Å². The Bertz CT molecular complexity index is 3180. The molecule has 0 amide bonds. The summed E-state index contributed by atoms with van der Waals surface area (Å²) >= 11 is 0. The first kappa shape index (κ1) is 32.3. The molecule has 0 saturated heterocycles. The lowest BCUT2D eigenvalue weighted by Gasteiger charge is -2.45. The number of anilines is 6. The molecule has 0 saturated carbocycles. The first-order chi connectivity index (χ1) is 31.0. The predicted octanol–water partition coefficient (Wildman–Crippen LogP) is 13.7. The smallest absolute Gasteiger partial charge is 0.252 e. The van der Waals surface area contributed by atoms with Crippen molar-refractivity contribution in [2.24, 2.45) is 0 Å². The van der Waals surface area contributed by atoms with Crippen LogP contribution in [0.15, 0.2) is 182 Å². The summed E-state index contributed by atoms with van der Waals surface area (Å²) in [5.41, 5.74) is 17.6. The summed E-state index contributed by atoms with van der Waals surface area (Å²) in [7, 11) is 0. The lowest BCUT2D eigenvalue weighted by molar-refractivity contribution is 0.590. The van der Waals surface area contributed by atoms with Gasteiger partial charge in [-0.15, -0.1) is 0 Å². The third kappa shape index (κ3) is 6.27. The monoisotopic (exact) mass is 779 g/mol. The van der Waals surface area contributed by atoms with E-state index in [4.69, 9.17) is 4.11 Å². The topological polar surface area (TPSA) is 6.48 Å². The minimum Gasteiger partial charge on any atom is -0.311 e. The van der Waals surface area contributed by atoms with Crippen molar-refractivity contribution in [3.05, 3.63) is 199 Å². The van der Waals surface area contributed by atoms with E-state index in [2.05, 4.69) is 180 Å². The van der Waals surface area contributed by atoms with E-state index in [1.807, 2.05) is 30.3 Å². The molecule has 0 bridgehead atoms.